The van der Waals surface area contributed by atoms with Crippen molar-refractivity contribution in [1.82, 2.24) is 0 Å². The van der Waals surface area contributed by atoms with Crippen LogP contribution >= 0.6 is 11.6 Å². The summed E-state index contributed by atoms with van der Waals surface area (Å²) in [6, 6.07) is 9.90. The number of fused-ring (bicyclic) bond motifs is 1. The van der Waals surface area contributed by atoms with E-state index in [-0.39, 0.29) is 18.7 Å². The molecule has 0 fully saturated rings. The molecular formula is C15H13ClFNO2. The third kappa shape index (κ3) is 2.39. The van der Waals surface area contributed by atoms with Crippen molar-refractivity contribution >= 4 is 17.3 Å². The van der Waals surface area contributed by atoms with Gasteiger partial charge in [-0.2, -0.15) is 0 Å². The molecule has 0 amide bonds. The Kier molecular flexibility index (Phi) is 3.40. The average Bonchev–Trinajstić information content (AvgIpc) is 2.86. The highest BCUT2D eigenvalue weighted by Gasteiger charge is 2.18. The number of rotatable bonds is 3. The van der Waals surface area contributed by atoms with E-state index >= 15 is 0 Å². The monoisotopic (exact) mass is 293 g/mol. The fraction of sp³-hybridized carbons (Fsp3) is 0.200. The average molecular weight is 294 g/mol. The largest absolute Gasteiger partial charge is 0.454 e. The Morgan fingerprint density at radius 2 is 1.90 bits per heavy atom. The number of hydrogen-bond donors (Lipinski definition) is 1. The molecule has 0 aliphatic carbocycles. The normalized spacial score (nSPS) is 14.2. The maximum atomic E-state index is 13.7. The molecule has 20 heavy (non-hydrogen) atoms. The van der Waals surface area contributed by atoms with Crippen molar-refractivity contribution in [3.05, 3.63) is 52.8 Å². The van der Waals surface area contributed by atoms with Gasteiger partial charge in [-0.15, -0.1) is 0 Å². The fourth-order valence-electron chi connectivity index (χ4n) is 2.17. The third-order valence-corrected chi connectivity index (χ3v) is 3.52. The lowest BCUT2D eigenvalue weighted by atomic mass is 10.1. The maximum Gasteiger partial charge on any atom is 0.231 e. The Morgan fingerprint density at radius 1 is 1.20 bits per heavy atom. The van der Waals surface area contributed by atoms with Gasteiger partial charge in [-0.05, 0) is 13.0 Å². The Bertz CT molecular complexity index is 648. The van der Waals surface area contributed by atoms with Crippen LogP contribution in [0.3, 0.4) is 0 Å². The molecule has 3 nitrogen and oxygen atoms in total. The molecule has 2 aromatic rings. The molecule has 1 aliphatic heterocycles. The highest BCUT2D eigenvalue weighted by Crippen LogP contribution is 2.40. The van der Waals surface area contributed by atoms with Gasteiger partial charge >= 0.3 is 0 Å². The number of hydrogen-bond acceptors (Lipinski definition) is 3. The molecule has 5 heteroatoms. The van der Waals surface area contributed by atoms with E-state index < -0.39 is 0 Å². The zero-order valence-electron chi connectivity index (χ0n) is 10.8. The van der Waals surface area contributed by atoms with Crippen molar-refractivity contribution in [3.63, 3.8) is 0 Å². The standard InChI is InChI=1S/C15H13ClFNO2/c1-9(10-4-2-3-5-12(10)17)18-13-7-15-14(6-11(13)16)19-8-20-15/h2-7,9,18H,8H2,1H3. The third-order valence-electron chi connectivity index (χ3n) is 3.21. The summed E-state index contributed by atoms with van der Waals surface area (Å²) in [6.45, 7) is 2.07. The maximum absolute atomic E-state index is 13.7. The SMILES string of the molecule is CC(Nc1cc2c(cc1Cl)OCO2)c1ccccc1F. The molecule has 104 valence electrons. The molecular weight excluding hydrogens is 281 g/mol. The summed E-state index contributed by atoms with van der Waals surface area (Å²) >= 11 is 6.19. The quantitative estimate of drug-likeness (QED) is 0.911. The van der Waals surface area contributed by atoms with E-state index in [0.717, 1.165) is 0 Å². The molecule has 3 rings (SSSR count). The molecule has 0 saturated carbocycles. The molecule has 1 N–H and O–H groups in total. The minimum atomic E-state index is -0.246. The summed E-state index contributed by atoms with van der Waals surface area (Å²) in [4.78, 5) is 0. The molecule has 1 unspecified atom stereocenters. The van der Waals surface area contributed by atoms with E-state index in [9.17, 15) is 4.39 Å². The van der Waals surface area contributed by atoms with Gasteiger partial charge in [0.05, 0.1) is 16.8 Å². The van der Waals surface area contributed by atoms with Crippen molar-refractivity contribution in [2.45, 2.75) is 13.0 Å². The van der Waals surface area contributed by atoms with Gasteiger partial charge in [-0.25, -0.2) is 4.39 Å². The van der Waals surface area contributed by atoms with Crippen LogP contribution in [0.25, 0.3) is 0 Å². The number of benzene rings is 2. The summed E-state index contributed by atoms with van der Waals surface area (Å²) < 4.78 is 24.3. The lowest BCUT2D eigenvalue weighted by Crippen LogP contribution is -2.08. The fourth-order valence-corrected chi connectivity index (χ4v) is 2.37. The van der Waals surface area contributed by atoms with Crippen molar-refractivity contribution in [2.24, 2.45) is 0 Å². The second kappa shape index (κ2) is 5.21. The Labute approximate surface area is 121 Å². The van der Waals surface area contributed by atoms with Gasteiger partial charge in [-0.3, -0.25) is 0 Å². The first-order chi connectivity index (χ1) is 9.65. The first-order valence-electron chi connectivity index (χ1n) is 6.25. The van der Waals surface area contributed by atoms with Crippen LogP contribution in [0, 0.1) is 5.82 Å². The molecule has 1 atom stereocenters. The van der Waals surface area contributed by atoms with Gasteiger partial charge in [0.25, 0.3) is 0 Å². The highest BCUT2D eigenvalue weighted by atomic mass is 35.5. The van der Waals surface area contributed by atoms with Crippen LogP contribution < -0.4 is 14.8 Å². The van der Waals surface area contributed by atoms with Crippen LogP contribution in [0.1, 0.15) is 18.5 Å². The Morgan fingerprint density at radius 3 is 2.65 bits per heavy atom. The van der Waals surface area contributed by atoms with E-state index in [4.69, 9.17) is 21.1 Å². The minimum absolute atomic E-state index is 0.192. The minimum Gasteiger partial charge on any atom is -0.454 e. The lowest BCUT2D eigenvalue weighted by molar-refractivity contribution is 0.174. The Hall–Kier alpha value is -1.94. The first-order valence-corrected chi connectivity index (χ1v) is 6.63. The van der Waals surface area contributed by atoms with Crippen molar-refractivity contribution in [3.8, 4) is 11.5 Å². The zero-order chi connectivity index (χ0) is 14.1. The van der Waals surface area contributed by atoms with Crippen molar-refractivity contribution < 1.29 is 13.9 Å². The van der Waals surface area contributed by atoms with Gasteiger partial charge in [0.1, 0.15) is 5.82 Å². The summed E-state index contributed by atoms with van der Waals surface area (Å²) in [7, 11) is 0. The molecule has 2 aromatic carbocycles. The summed E-state index contributed by atoms with van der Waals surface area (Å²) in [5, 5.41) is 3.70. The number of anilines is 1. The molecule has 0 radical (unpaired) electrons. The van der Waals surface area contributed by atoms with Crippen LogP contribution in [-0.4, -0.2) is 6.79 Å². The van der Waals surface area contributed by atoms with E-state index in [1.807, 2.05) is 6.92 Å². The topological polar surface area (TPSA) is 30.5 Å². The van der Waals surface area contributed by atoms with Crippen LogP contribution in [0.2, 0.25) is 5.02 Å². The van der Waals surface area contributed by atoms with Crippen LogP contribution in [0.15, 0.2) is 36.4 Å². The summed E-state index contributed by atoms with van der Waals surface area (Å²) in [5.74, 6) is 1.01. The van der Waals surface area contributed by atoms with E-state index in [2.05, 4.69) is 5.32 Å². The van der Waals surface area contributed by atoms with Crippen LogP contribution in [0.4, 0.5) is 10.1 Å². The van der Waals surface area contributed by atoms with Gasteiger partial charge in [0.2, 0.25) is 6.79 Å². The number of nitrogens with one attached hydrogen (secondary N) is 1. The van der Waals surface area contributed by atoms with Gasteiger partial charge in [-0.1, -0.05) is 29.8 Å². The number of halogens is 2. The number of ether oxygens (including phenoxy) is 2. The molecule has 0 aromatic heterocycles. The van der Waals surface area contributed by atoms with E-state index in [0.29, 0.717) is 27.8 Å². The van der Waals surface area contributed by atoms with Gasteiger partial charge in [0, 0.05) is 17.7 Å². The molecule has 0 bridgehead atoms. The summed E-state index contributed by atoms with van der Waals surface area (Å²) in [5.41, 5.74) is 1.27. The van der Waals surface area contributed by atoms with Gasteiger partial charge in [0.15, 0.2) is 11.5 Å². The molecule has 0 saturated heterocycles. The second-order valence-corrected chi connectivity index (χ2v) is 4.98. The first kappa shape index (κ1) is 13.1. The zero-order valence-corrected chi connectivity index (χ0v) is 11.6. The van der Waals surface area contributed by atoms with Crippen molar-refractivity contribution in [1.29, 1.82) is 0 Å². The molecule has 1 aliphatic rings. The van der Waals surface area contributed by atoms with Crippen molar-refractivity contribution in [2.75, 3.05) is 12.1 Å². The van der Waals surface area contributed by atoms with Crippen LogP contribution in [-0.2, 0) is 0 Å². The molecule has 1 heterocycles. The summed E-state index contributed by atoms with van der Waals surface area (Å²) in [6.07, 6.45) is 0. The van der Waals surface area contributed by atoms with Crippen LogP contribution in [0.5, 0.6) is 11.5 Å². The van der Waals surface area contributed by atoms with Gasteiger partial charge < -0.3 is 14.8 Å². The predicted molar refractivity (Wildman–Crippen MR) is 76.0 cm³/mol. The highest BCUT2D eigenvalue weighted by molar-refractivity contribution is 6.33. The second-order valence-electron chi connectivity index (χ2n) is 4.57. The smallest absolute Gasteiger partial charge is 0.231 e. The van der Waals surface area contributed by atoms with E-state index in [1.54, 1.807) is 30.3 Å². The Balaban J connectivity index is 1.86. The predicted octanol–water partition coefficient (Wildman–Crippen LogP) is 4.38. The lowest BCUT2D eigenvalue weighted by Gasteiger charge is -2.17. The van der Waals surface area contributed by atoms with E-state index in [1.165, 1.54) is 6.07 Å². The molecule has 0 spiro atoms.